The van der Waals surface area contributed by atoms with Crippen LogP contribution in [0.25, 0.3) is 0 Å². The van der Waals surface area contributed by atoms with E-state index in [9.17, 15) is 48.6 Å². The summed E-state index contributed by atoms with van der Waals surface area (Å²) in [5.74, 6) is -6.06. The van der Waals surface area contributed by atoms with Gasteiger partial charge in [-0.2, -0.15) is 11.8 Å². The first-order valence-electron chi connectivity index (χ1n) is 20.2. The van der Waals surface area contributed by atoms with Crippen molar-refractivity contribution in [3.63, 3.8) is 0 Å². The molecule has 0 aromatic heterocycles. The fraction of sp³-hybridized carbons (Fsp3) is 0.488. The van der Waals surface area contributed by atoms with Crippen LogP contribution in [0.1, 0.15) is 50.7 Å². The Morgan fingerprint density at radius 1 is 0.651 bits per heavy atom. The molecule has 0 fully saturated rings. The molecule has 63 heavy (non-hydrogen) atoms. The Labute approximate surface area is 370 Å². The number of amides is 7. The number of aliphatic imine (C=N–C) groups is 1. The summed E-state index contributed by atoms with van der Waals surface area (Å²) in [7, 11) is 0. The number of nitrogens with one attached hydrogen (secondary N) is 7. The molecule has 22 heteroatoms. The van der Waals surface area contributed by atoms with Gasteiger partial charge < -0.3 is 64.6 Å². The van der Waals surface area contributed by atoms with E-state index < -0.39 is 97.2 Å². The van der Waals surface area contributed by atoms with Crippen LogP contribution < -0.4 is 54.4 Å². The SMILES string of the molecule is CSCCC(NC(=O)C(Cc1ccccc1)NC(=O)CNC(=O)CNC(=O)C(N)Cc1ccc(O)cc1)C(=O)NC(CCCN=C(N)N)C(=O)NCC(=O)NC(CC(C)C)C(=O)O. The Hall–Kier alpha value is -6.42. The first-order chi connectivity index (χ1) is 29.9. The van der Waals surface area contributed by atoms with E-state index in [1.54, 1.807) is 62.6 Å². The Balaban J connectivity index is 2.14. The standard InChI is InChI=1S/C41H61N11O10S/c1-24(2)18-32(40(61)62)50-35(56)23-48-37(58)29(10-7-16-45-41(43)44)51-38(59)30(15-17-63-3)52-39(60)31(20-25-8-5-4-6-9-25)49-34(55)22-46-33(54)21-47-36(57)28(42)19-26-11-13-27(53)14-12-26/h4-6,8-9,11-14,24,28-32,53H,7,10,15-23,42H2,1-3H3,(H,46,54)(H,47,57)(H,48,58)(H,49,55)(H,50,56)(H,51,59)(H,52,60)(H,61,62)(H4,43,44,45). The molecule has 0 spiro atoms. The Kier molecular flexibility index (Phi) is 23.6. The van der Waals surface area contributed by atoms with Gasteiger partial charge in [0, 0.05) is 13.0 Å². The minimum atomic E-state index is -1.23. The first kappa shape index (κ1) is 52.7. The number of phenols is 1. The number of nitrogens with zero attached hydrogens (tertiary/aromatic N) is 1. The Bertz CT molecular complexity index is 1860. The van der Waals surface area contributed by atoms with Gasteiger partial charge in [0.25, 0.3) is 0 Å². The first-order valence-corrected chi connectivity index (χ1v) is 21.6. The van der Waals surface area contributed by atoms with E-state index >= 15 is 0 Å². The summed E-state index contributed by atoms with van der Waals surface area (Å²) in [6, 6.07) is 9.02. The lowest BCUT2D eigenvalue weighted by Crippen LogP contribution is -2.58. The maximum absolute atomic E-state index is 13.9. The second kappa shape index (κ2) is 28.2. The molecular formula is C41H61N11O10S. The summed E-state index contributed by atoms with van der Waals surface area (Å²) >= 11 is 1.39. The number of carbonyl (C=O) groups is 8. The van der Waals surface area contributed by atoms with Crippen molar-refractivity contribution < 1.29 is 48.6 Å². The van der Waals surface area contributed by atoms with E-state index in [1.165, 1.54) is 23.9 Å². The van der Waals surface area contributed by atoms with Gasteiger partial charge in [-0.1, -0.05) is 56.3 Å². The molecule has 0 radical (unpaired) electrons. The number of benzene rings is 2. The minimum Gasteiger partial charge on any atom is -0.508 e. The van der Waals surface area contributed by atoms with Crippen LogP contribution in [-0.2, 0) is 51.2 Å². The van der Waals surface area contributed by atoms with Crippen molar-refractivity contribution in [1.82, 2.24) is 37.2 Å². The van der Waals surface area contributed by atoms with Crippen LogP contribution in [0.15, 0.2) is 59.6 Å². The molecule has 7 amide bonds. The van der Waals surface area contributed by atoms with Gasteiger partial charge in [0.05, 0.1) is 25.7 Å². The van der Waals surface area contributed by atoms with Crippen LogP contribution in [0.5, 0.6) is 5.75 Å². The molecule has 21 nitrogen and oxygen atoms in total. The predicted octanol–water partition coefficient (Wildman–Crippen LogP) is -2.27. The van der Waals surface area contributed by atoms with Crippen molar-refractivity contribution in [2.45, 2.75) is 82.6 Å². The number of nitrogens with two attached hydrogens (primary N) is 3. The summed E-state index contributed by atoms with van der Waals surface area (Å²) in [4.78, 5) is 107. The third-order valence-electron chi connectivity index (χ3n) is 9.12. The van der Waals surface area contributed by atoms with E-state index in [1.807, 2.05) is 0 Å². The highest BCUT2D eigenvalue weighted by atomic mass is 32.2. The predicted molar refractivity (Wildman–Crippen MR) is 237 cm³/mol. The summed E-state index contributed by atoms with van der Waals surface area (Å²) in [5, 5.41) is 36.4. The molecular weight excluding hydrogens is 839 g/mol. The molecule has 0 aliphatic carbocycles. The van der Waals surface area contributed by atoms with Crippen LogP contribution in [-0.4, -0.2) is 132 Å². The largest absolute Gasteiger partial charge is 0.508 e. The molecule has 0 saturated heterocycles. The molecule has 2 aromatic rings. The number of carboxylic acids is 1. The molecule has 0 aliphatic heterocycles. The highest BCUT2D eigenvalue weighted by Gasteiger charge is 2.30. The van der Waals surface area contributed by atoms with E-state index in [0.29, 0.717) is 16.9 Å². The van der Waals surface area contributed by atoms with E-state index in [4.69, 9.17) is 17.2 Å². The number of phenolic OH excluding ortho intramolecular Hbond substituents is 1. The van der Waals surface area contributed by atoms with Gasteiger partial charge in [-0.15, -0.1) is 0 Å². The van der Waals surface area contributed by atoms with Gasteiger partial charge in [0.15, 0.2) is 5.96 Å². The average molecular weight is 900 g/mol. The molecule has 5 unspecified atom stereocenters. The van der Waals surface area contributed by atoms with Crippen LogP contribution in [0, 0.1) is 5.92 Å². The minimum absolute atomic E-state index is 0.00397. The zero-order valence-corrected chi connectivity index (χ0v) is 36.5. The van der Waals surface area contributed by atoms with Gasteiger partial charge in [-0.05, 0) is 73.3 Å². The number of carbonyl (C=O) groups excluding carboxylic acids is 7. The summed E-state index contributed by atoms with van der Waals surface area (Å²) < 4.78 is 0. The highest BCUT2D eigenvalue weighted by Crippen LogP contribution is 2.11. The molecule has 346 valence electrons. The second-order valence-electron chi connectivity index (χ2n) is 14.9. The Morgan fingerprint density at radius 2 is 1.19 bits per heavy atom. The van der Waals surface area contributed by atoms with Crippen LogP contribution in [0.4, 0.5) is 0 Å². The average Bonchev–Trinajstić information content (AvgIpc) is 3.23. The van der Waals surface area contributed by atoms with Crippen LogP contribution >= 0.6 is 11.8 Å². The van der Waals surface area contributed by atoms with E-state index in [0.717, 1.165) is 0 Å². The lowest BCUT2D eigenvalue weighted by atomic mass is 10.0. The van der Waals surface area contributed by atoms with Crippen molar-refractivity contribution in [1.29, 1.82) is 0 Å². The normalized spacial score (nSPS) is 13.2. The quantitative estimate of drug-likeness (QED) is 0.0244. The second-order valence-corrected chi connectivity index (χ2v) is 15.9. The lowest BCUT2D eigenvalue weighted by Gasteiger charge is -2.25. The Morgan fingerprint density at radius 3 is 1.78 bits per heavy atom. The molecule has 0 bridgehead atoms. The van der Waals surface area contributed by atoms with Crippen molar-refractivity contribution in [3.8, 4) is 5.75 Å². The number of thioether (sulfide) groups is 1. The molecule has 2 rings (SSSR count). The number of hydrogen-bond acceptors (Lipinski definition) is 12. The molecule has 0 heterocycles. The maximum Gasteiger partial charge on any atom is 0.326 e. The highest BCUT2D eigenvalue weighted by molar-refractivity contribution is 7.98. The molecule has 2 aromatic carbocycles. The van der Waals surface area contributed by atoms with Gasteiger partial charge in [-0.25, -0.2) is 4.79 Å². The molecule has 0 saturated carbocycles. The zero-order valence-electron chi connectivity index (χ0n) is 35.7. The summed E-state index contributed by atoms with van der Waals surface area (Å²) in [5.41, 5.74) is 18.2. The van der Waals surface area contributed by atoms with Gasteiger partial charge in [-0.3, -0.25) is 38.6 Å². The van der Waals surface area contributed by atoms with Crippen LogP contribution in [0.3, 0.4) is 0 Å². The lowest BCUT2D eigenvalue weighted by molar-refractivity contribution is -0.142. The van der Waals surface area contributed by atoms with Gasteiger partial charge >= 0.3 is 5.97 Å². The summed E-state index contributed by atoms with van der Waals surface area (Å²) in [6.07, 6.45) is 2.45. The van der Waals surface area contributed by atoms with Gasteiger partial charge in [0.1, 0.15) is 29.9 Å². The van der Waals surface area contributed by atoms with E-state index in [2.05, 4.69) is 42.2 Å². The summed E-state index contributed by atoms with van der Waals surface area (Å²) in [6.45, 7) is 2.07. The third-order valence-corrected chi connectivity index (χ3v) is 9.76. The topological polar surface area (TPSA) is 352 Å². The van der Waals surface area contributed by atoms with Gasteiger partial charge in [0.2, 0.25) is 41.4 Å². The monoisotopic (exact) mass is 899 g/mol. The smallest absolute Gasteiger partial charge is 0.326 e. The van der Waals surface area contributed by atoms with Crippen molar-refractivity contribution >= 4 is 65.0 Å². The number of rotatable bonds is 28. The fourth-order valence-electron chi connectivity index (χ4n) is 5.87. The number of guanidine groups is 1. The molecule has 5 atom stereocenters. The van der Waals surface area contributed by atoms with Crippen molar-refractivity contribution in [3.05, 3.63) is 65.7 Å². The zero-order chi connectivity index (χ0) is 46.9. The number of aromatic hydroxyl groups is 1. The molecule has 0 aliphatic rings. The van der Waals surface area contributed by atoms with Crippen LogP contribution in [0.2, 0.25) is 0 Å². The van der Waals surface area contributed by atoms with Crippen molar-refractivity contribution in [2.75, 3.05) is 38.2 Å². The number of hydrogen-bond donors (Lipinski definition) is 12. The maximum atomic E-state index is 13.9. The number of aliphatic carboxylic acids is 1. The van der Waals surface area contributed by atoms with Crippen molar-refractivity contribution in [2.24, 2.45) is 28.1 Å². The fourth-order valence-corrected chi connectivity index (χ4v) is 6.34. The third kappa shape index (κ3) is 21.8. The van der Waals surface area contributed by atoms with E-state index in [-0.39, 0.29) is 62.7 Å². The number of carboxylic acid groups (broad SMARTS) is 1. The molecule has 15 N–H and O–H groups in total.